The van der Waals surface area contributed by atoms with Gasteiger partial charge in [-0.25, -0.2) is 0 Å². The second-order valence-corrected chi connectivity index (χ2v) is 4.23. The number of ketones is 1. The van der Waals surface area contributed by atoms with Crippen molar-refractivity contribution >= 4 is 5.78 Å². The first-order chi connectivity index (χ1) is 8.29. The van der Waals surface area contributed by atoms with Crippen LogP contribution in [0.25, 0.3) is 0 Å². The summed E-state index contributed by atoms with van der Waals surface area (Å²) >= 11 is 0. The molecule has 0 heterocycles. The SMILES string of the molecule is N#Cc1cccc(C#CC2CCCCC2=O)c1. The number of hydrogen-bond acceptors (Lipinski definition) is 2. The summed E-state index contributed by atoms with van der Waals surface area (Å²) in [6, 6.07) is 9.25. The van der Waals surface area contributed by atoms with Gasteiger partial charge in [0, 0.05) is 12.0 Å². The van der Waals surface area contributed by atoms with Crippen LogP contribution in [0.3, 0.4) is 0 Å². The third kappa shape index (κ3) is 2.95. The van der Waals surface area contributed by atoms with Crippen LogP contribution in [-0.2, 0) is 4.79 Å². The molecule has 1 atom stereocenters. The molecule has 1 aromatic carbocycles. The molecule has 0 saturated heterocycles. The van der Waals surface area contributed by atoms with Crippen molar-refractivity contribution in [2.45, 2.75) is 25.7 Å². The van der Waals surface area contributed by atoms with E-state index in [-0.39, 0.29) is 11.7 Å². The molecule has 0 N–H and O–H groups in total. The molecule has 84 valence electrons. The highest BCUT2D eigenvalue weighted by atomic mass is 16.1. The van der Waals surface area contributed by atoms with E-state index < -0.39 is 0 Å². The normalized spacial score (nSPS) is 19.0. The maximum atomic E-state index is 11.6. The van der Waals surface area contributed by atoms with Crippen molar-refractivity contribution in [1.29, 1.82) is 5.26 Å². The smallest absolute Gasteiger partial charge is 0.147 e. The molecule has 2 rings (SSSR count). The molecule has 1 saturated carbocycles. The van der Waals surface area contributed by atoms with E-state index in [1.165, 1.54) is 0 Å². The van der Waals surface area contributed by atoms with E-state index in [9.17, 15) is 4.79 Å². The zero-order chi connectivity index (χ0) is 12.1. The van der Waals surface area contributed by atoms with Gasteiger partial charge in [-0.2, -0.15) is 5.26 Å². The second-order valence-electron chi connectivity index (χ2n) is 4.23. The lowest BCUT2D eigenvalue weighted by atomic mass is 9.88. The fraction of sp³-hybridized carbons (Fsp3) is 0.333. The summed E-state index contributed by atoms with van der Waals surface area (Å²) in [6.07, 6.45) is 3.63. The summed E-state index contributed by atoms with van der Waals surface area (Å²) in [5, 5.41) is 8.77. The molecule has 0 bridgehead atoms. The van der Waals surface area contributed by atoms with E-state index in [2.05, 4.69) is 17.9 Å². The number of benzene rings is 1. The van der Waals surface area contributed by atoms with Crippen LogP contribution in [0.5, 0.6) is 0 Å². The molecule has 1 unspecified atom stereocenters. The van der Waals surface area contributed by atoms with Crippen molar-refractivity contribution in [3.05, 3.63) is 35.4 Å². The van der Waals surface area contributed by atoms with Gasteiger partial charge >= 0.3 is 0 Å². The van der Waals surface area contributed by atoms with Crippen molar-refractivity contribution < 1.29 is 4.79 Å². The van der Waals surface area contributed by atoms with Crippen LogP contribution in [0.2, 0.25) is 0 Å². The van der Waals surface area contributed by atoms with E-state index in [0.29, 0.717) is 12.0 Å². The minimum absolute atomic E-state index is 0.102. The largest absolute Gasteiger partial charge is 0.298 e. The van der Waals surface area contributed by atoms with Crippen LogP contribution in [0, 0.1) is 29.1 Å². The minimum Gasteiger partial charge on any atom is -0.298 e. The molecule has 1 fully saturated rings. The van der Waals surface area contributed by atoms with Gasteiger partial charge in [-0.15, -0.1) is 0 Å². The molecule has 0 spiro atoms. The molecule has 1 aliphatic rings. The standard InChI is InChI=1S/C15H13NO/c16-11-13-5-3-4-12(10-13)8-9-14-6-1-2-7-15(14)17/h3-5,10,14H,1-2,6-7H2. The molecule has 0 aromatic heterocycles. The third-order valence-electron chi connectivity index (χ3n) is 2.94. The number of hydrogen-bond donors (Lipinski definition) is 0. The Balaban J connectivity index is 2.15. The molecule has 1 aromatic rings. The molecule has 2 nitrogen and oxygen atoms in total. The van der Waals surface area contributed by atoms with Crippen molar-refractivity contribution in [1.82, 2.24) is 0 Å². The highest BCUT2D eigenvalue weighted by Gasteiger charge is 2.19. The first kappa shape index (κ1) is 11.4. The number of carbonyl (C=O) groups excluding carboxylic acids is 1. The van der Waals surface area contributed by atoms with E-state index in [0.717, 1.165) is 24.8 Å². The molecule has 0 radical (unpaired) electrons. The van der Waals surface area contributed by atoms with Crippen LogP contribution < -0.4 is 0 Å². The summed E-state index contributed by atoms with van der Waals surface area (Å²) < 4.78 is 0. The van der Waals surface area contributed by atoms with Gasteiger partial charge < -0.3 is 0 Å². The van der Waals surface area contributed by atoms with E-state index in [1.54, 1.807) is 12.1 Å². The third-order valence-corrected chi connectivity index (χ3v) is 2.94. The predicted molar refractivity (Wildman–Crippen MR) is 65.0 cm³/mol. The lowest BCUT2D eigenvalue weighted by molar-refractivity contribution is -0.122. The maximum Gasteiger partial charge on any atom is 0.147 e. The number of rotatable bonds is 0. The van der Waals surface area contributed by atoms with Crippen LogP contribution in [0.4, 0.5) is 0 Å². The number of carbonyl (C=O) groups is 1. The van der Waals surface area contributed by atoms with Crippen molar-refractivity contribution in [3.63, 3.8) is 0 Å². The fourth-order valence-corrected chi connectivity index (χ4v) is 1.97. The molecule has 0 amide bonds. The van der Waals surface area contributed by atoms with E-state index in [1.807, 2.05) is 12.1 Å². The molecule has 1 aliphatic carbocycles. The average Bonchev–Trinajstić information content (AvgIpc) is 2.38. The van der Waals surface area contributed by atoms with Crippen LogP contribution in [-0.4, -0.2) is 5.78 Å². The Morgan fingerprint density at radius 3 is 2.82 bits per heavy atom. The lowest BCUT2D eigenvalue weighted by Crippen LogP contribution is -2.16. The highest BCUT2D eigenvalue weighted by molar-refractivity contribution is 5.84. The number of nitriles is 1. The Morgan fingerprint density at radius 2 is 2.06 bits per heavy atom. The Hall–Kier alpha value is -2.06. The number of Topliss-reactive ketones (excluding diaryl/α,β-unsaturated/α-hetero) is 1. The van der Waals surface area contributed by atoms with Crippen molar-refractivity contribution in [3.8, 4) is 17.9 Å². The zero-order valence-corrected chi connectivity index (χ0v) is 9.57. The van der Waals surface area contributed by atoms with Crippen LogP contribution in [0.15, 0.2) is 24.3 Å². The average molecular weight is 223 g/mol. The molecule has 17 heavy (non-hydrogen) atoms. The second kappa shape index (κ2) is 5.32. The first-order valence-electron chi connectivity index (χ1n) is 5.84. The highest BCUT2D eigenvalue weighted by Crippen LogP contribution is 2.19. The topological polar surface area (TPSA) is 40.9 Å². The molecule has 0 aliphatic heterocycles. The van der Waals surface area contributed by atoms with Crippen molar-refractivity contribution in [2.24, 2.45) is 5.92 Å². The van der Waals surface area contributed by atoms with Gasteiger partial charge in [0.15, 0.2) is 0 Å². The summed E-state index contributed by atoms with van der Waals surface area (Å²) in [5.74, 6) is 6.19. The molecular weight excluding hydrogens is 210 g/mol. The Kier molecular flexibility index (Phi) is 3.58. The summed E-state index contributed by atoms with van der Waals surface area (Å²) in [6.45, 7) is 0. The molecular formula is C15H13NO. The van der Waals surface area contributed by atoms with Gasteiger partial charge in [0.1, 0.15) is 5.78 Å². The number of nitrogens with zero attached hydrogens (tertiary/aromatic N) is 1. The van der Waals surface area contributed by atoms with Gasteiger partial charge in [-0.05, 0) is 31.0 Å². The summed E-state index contributed by atoms with van der Waals surface area (Å²) in [5.41, 5.74) is 1.41. The van der Waals surface area contributed by atoms with Gasteiger partial charge in [0.2, 0.25) is 0 Å². The van der Waals surface area contributed by atoms with Gasteiger partial charge in [-0.3, -0.25) is 4.79 Å². The minimum atomic E-state index is -0.102. The van der Waals surface area contributed by atoms with E-state index in [4.69, 9.17) is 5.26 Å². The maximum absolute atomic E-state index is 11.6. The Bertz CT molecular complexity index is 528. The van der Waals surface area contributed by atoms with Gasteiger partial charge in [-0.1, -0.05) is 24.3 Å². The van der Waals surface area contributed by atoms with Gasteiger partial charge in [0.05, 0.1) is 17.6 Å². The summed E-state index contributed by atoms with van der Waals surface area (Å²) in [4.78, 5) is 11.6. The van der Waals surface area contributed by atoms with Crippen LogP contribution >= 0.6 is 0 Å². The monoisotopic (exact) mass is 223 g/mol. The molecule has 2 heteroatoms. The van der Waals surface area contributed by atoms with Crippen molar-refractivity contribution in [2.75, 3.05) is 0 Å². The quantitative estimate of drug-likeness (QED) is 0.634. The summed E-state index contributed by atoms with van der Waals surface area (Å²) in [7, 11) is 0. The Labute approximate surface area is 101 Å². The Morgan fingerprint density at radius 1 is 1.24 bits per heavy atom. The lowest BCUT2D eigenvalue weighted by Gasteiger charge is -2.14. The van der Waals surface area contributed by atoms with Gasteiger partial charge in [0.25, 0.3) is 0 Å². The van der Waals surface area contributed by atoms with Crippen LogP contribution in [0.1, 0.15) is 36.8 Å². The predicted octanol–water partition coefficient (Wildman–Crippen LogP) is 2.67. The first-order valence-corrected chi connectivity index (χ1v) is 5.84. The van der Waals surface area contributed by atoms with E-state index >= 15 is 0 Å². The zero-order valence-electron chi connectivity index (χ0n) is 9.57. The fourth-order valence-electron chi connectivity index (χ4n) is 1.97.